The van der Waals surface area contributed by atoms with E-state index >= 15 is 0 Å². The van der Waals surface area contributed by atoms with Crippen molar-refractivity contribution in [1.82, 2.24) is 15.3 Å². The summed E-state index contributed by atoms with van der Waals surface area (Å²) in [5.41, 5.74) is 16.6. The summed E-state index contributed by atoms with van der Waals surface area (Å²) in [5.74, 6) is 4.61. The molecular formula is C46H62N6O8. The fraction of sp³-hybridized carbons (Fsp3) is 0.478. The highest BCUT2D eigenvalue weighted by molar-refractivity contribution is 5.86. The van der Waals surface area contributed by atoms with E-state index in [1.54, 1.807) is 25.4 Å². The average Bonchev–Trinajstić information content (AvgIpc) is 3.14. The first-order valence-electron chi connectivity index (χ1n) is 20.5. The Balaban J connectivity index is 0.000000228. The van der Waals surface area contributed by atoms with E-state index < -0.39 is 23.3 Å². The molecule has 2 atom stereocenters. The fourth-order valence-corrected chi connectivity index (χ4v) is 7.37. The van der Waals surface area contributed by atoms with Crippen molar-refractivity contribution < 1.29 is 38.0 Å². The maximum Gasteiger partial charge on any atom is 0.412 e. The molecule has 0 spiro atoms. The summed E-state index contributed by atoms with van der Waals surface area (Å²) in [6, 6.07) is 15.4. The minimum Gasteiger partial charge on any atom is -0.492 e. The van der Waals surface area contributed by atoms with E-state index in [1.165, 1.54) is 0 Å². The molecule has 2 aromatic carbocycles. The van der Waals surface area contributed by atoms with E-state index in [4.69, 9.17) is 39.9 Å². The van der Waals surface area contributed by atoms with Crippen LogP contribution in [0.5, 0.6) is 23.0 Å². The molecule has 2 aliphatic rings. The van der Waals surface area contributed by atoms with E-state index in [2.05, 4.69) is 48.3 Å². The third-order valence-corrected chi connectivity index (χ3v) is 9.42. The molecule has 14 heteroatoms. The van der Waals surface area contributed by atoms with Crippen molar-refractivity contribution in [2.75, 3.05) is 30.9 Å². The average molecular weight is 827 g/mol. The summed E-state index contributed by atoms with van der Waals surface area (Å²) in [7, 11) is 0. The van der Waals surface area contributed by atoms with Gasteiger partial charge >= 0.3 is 12.2 Å². The number of alkyl carbamates (subject to hydrolysis) is 1. The van der Waals surface area contributed by atoms with Gasteiger partial charge in [0.15, 0.2) is 0 Å². The standard InChI is InChI=1S/C24H33N3O4.C22H29N3O4/c1-15(2)11-24(6,27-22(28)31-23(3,4)5)14-30-17-7-8-18-16(9-17)13-29-20-12-26-21(25)10-19(18)20;1-5-27-21(26)25-20-9-18-17-7-6-16(29-13-22(4,23)10-14(2)3)8-15(17)12-28-19(18)11-24-20/h7-10,12,15H,11,13-14H2,1-6H3,(H2,25,26)(H,27,28);6-9,11,14H,5,10,12-13,23H2,1-4H3,(H,24,25,26)/t;22-/m.1/s1. The van der Waals surface area contributed by atoms with Gasteiger partial charge in [-0.2, -0.15) is 0 Å². The summed E-state index contributed by atoms with van der Waals surface area (Å²) >= 11 is 0. The fourth-order valence-electron chi connectivity index (χ4n) is 7.37. The topological polar surface area (TPSA) is 191 Å². The minimum atomic E-state index is -0.574. The number of pyridine rings is 2. The van der Waals surface area contributed by atoms with Crippen molar-refractivity contribution in [3.63, 3.8) is 0 Å². The lowest BCUT2D eigenvalue weighted by atomic mass is 9.91. The maximum atomic E-state index is 12.4. The maximum absolute atomic E-state index is 12.4. The van der Waals surface area contributed by atoms with Gasteiger partial charge in [0, 0.05) is 27.8 Å². The molecule has 4 aromatic rings. The molecule has 2 amide bonds. The van der Waals surface area contributed by atoms with Gasteiger partial charge in [0.25, 0.3) is 0 Å². The molecule has 60 heavy (non-hydrogen) atoms. The number of carbonyl (C=O) groups is 2. The van der Waals surface area contributed by atoms with Gasteiger partial charge in [-0.3, -0.25) is 5.32 Å². The van der Waals surface area contributed by atoms with E-state index in [-0.39, 0.29) is 5.54 Å². The molecule has 1 unspecified atom stereocenters. The van der Waals surface area contributed by atoms with Crippen molar-refractivity contribution in [3.05, 3.63) is 72.1 Å². The van der Waals surface area contributed by atoms with E-state index in [1.807, 2.05) is 77.1 Å². The van der Waals surface area contributed by atoms with Crippen molar-refractivity contribution in [2.45, 2.75) is 112 Å². The third kappa shape index (κ3) is 12.9. The predicted molar refractivity (Wildman–Crippen MR) is 233 cm³/mol. The van der Waals surface area contributed by atoms with E-state index in [0.29, 0.717) is 68.0 Å². The number of aromatic nitrogens is 2. The van der Waals surface area contributed by atoms with Crippen LogP contribution in [-0.4, -0.2) is 58.7 Å². The van der Waals surface area contributed by atoms with Gasteiger partial charge in [0.2, 0.25) is 0 Å². The molecule has 4 heterocycles. The number of carbonyl (C=O) groups excluding carboxylic acids is 2. The Hall–Kier alpha value is -5.76. The van der Waals surface area contributed by atoms with Crippen LogP contribution in [0.25, 0.3) is 22.3 Å². The molecule has 2 aliphatic heterocycles. The highest BCUT2D eigenvalue weighted by Gasteiger charge is 2.31. The van der Waals surface area contributed by atoms with Crippen molar-refractivity contribution in [1.29, 1.82) is 0 Å². The molecule has 0 bridgehead atoms. The number of hydrogen-bond donors (Lipinski definition) is 4. The Kier molecular flexibility index (Phi) is 14.4. The Labute approximate surface area is 354 Å². The summed E-state index contributed by atoms with van der Waals surface area (Å²) in [5, 5.41) is 5.62. The quantitative estimate of drug-likeness (QED) is 0.100. The van der Waals surface area contributed by atoms with Crippen LogP contribution in [0.1, 0.15) is 93.2 Å². The molecule has 0 fully saturated rings. The minimum absolute atomic E-state index is 0.296. The van der Waals surface area contributed by atoms with Crippen molar-refractivity contribution in [2.24, 2.45) is 17.6 Å². The molecule has 2 aromatic heterocycles. The Bertz CT molecular complexity index is 2130. The van der Waals surface area contributed by atoms with Crippen LogP contribution in [0.15, 0.2) is 60.9 Å². The summed E-state index contributed by atoms with van der Waals surface area (Å²) in [6.07, 6.45) is 3.92. The highest BCUT2D eigenvalue weighted by atomic mass is 16.6. The largest absolute Gasteiger partial charge is 0.492 e. The first kappa shape index (κ1) is 45.3. The number of nitrogens with zero attached hydrogens (tertiary/aromatic N) is 2. The number of anilines is 2. The molecule has 0 saturated heterocycles. The zero-order valence-electron chi connectivity index (χ0n) is 36.7. The van der Waals surface area contributed by atoms with Gasteiger partial charge < -0.3 is 45.2 Å². The second-order valence-electron chi connectivity index (χ2n) is 17.8. The zero-order chi connectivity index (χ0) is 43.8. The van der Waals surface area contributed by atoms with Gasteiger partial charge in [-0.05, 0) is 114 Å². The SMILES string of the molecule is CC(C)CC(C)(COc1ccc2c(c1)COc1cnc(N)cc1-2)NC(=O)OC(C)(C)C.CCOC(=O)Nc1cc2c(cn1)OCc1cc(OC[C@](C)(N)CC(C)C)ccc1-2. The van der Waals surface area contributed by atoms with Gasteiger partial charge in [-0.1, -0.05) is 39.8 Å². The van der Waals surface area contributed by atoms with Crippen molar-refractivity contribution >= 4 is 23.8 Å². The first-order chi connectivity index (χ1) is 28.2. The Morgan fingerprint density at radius 1 is 0.750 bits per heavy atom. The van der Waals surface area contributed by atoms with Gasteiger partial charge in [0.1, 0.15) is 66.7 Å². The first-order valence-corrected chi connectivity index (χ1v) is 20.5. The van der Waals surface area contributed by atoms with Crippen LogP contribution >= 0.6 is 0 Å². The molecule has 6 rings (SSSR count). The molecule has 0 saturated carbocycles. The van der Waals surface area contributed by atoms with Crippen LogP contribution in [0.2, 0.25) is 0 Å². The van der Waals surface area contributed by atoms with Gasteiger partial charge in [-0.15, -0.1) is 0 Å². The lowest BCUT2D eigenvalue weighted by Crippen LogP contribution is -2.52. The Morgan fingerprint density at radius 3 is 1.85 bits per heavy atom. The Morgan fingerprint density at radius 2 is 1.30 bits per heavy atom. The molecule has 6 N–H and O–H groups in total. The van der Waals surface area contributed by atoms with Crippen LogP contribution in [0.3, 0.4) is 0 Å². The highest BCUT2D eigenvalue weighted by Crippen LogP contribution is 2.41. The van der Waals surface area contributed by atoms with Crippen LogP contribution in [-0.2, 0) is 22.7 Å². The second kappa shape index (κ2) is 19.1. The normalized spacial score (nSPS) is 14.5. The van der Waals surface area contributed by atoms with Crippen LogP contribution in [0.4, 0.5) is 21.2 Å². The number of amides is 2. The molecule has 0 aliphatic carbocycles. The number of benzene rings is 2. The number of nitrogens with two attached hydrogens (primary N) is 2. The van der Waals surface area contributed by atoms with Gasteiger partial charge in [0.05, 0.1) is 24.5 Å². The number of ether oxygens (including phenoxy) is 6. The van der Waals surface area contributed by atoms with E-state index in [0.717, 1.165) is 57.7 Å². The lowest BCUT2D eigenvalue weighted by molar-refractivity contribution is 0.0408. The second-order valence-corrected chi connectivity index (χ2v) is 17.8. The number of hydrogen-bond acceptors (Lipinski definition) is 12. The van der Waals surface area contributed by atoms with Crippen LogP contribution in [0, 0.1) is 11.8 Å². The smallest absolute Gasteiger partial charge is 0.412 e. The third-order valence-electron chi connectivity index (χ3n) is 9.42. The monoisotopic (exact) mass is 826 g/mol. The van der Waals surface area contributed by atoms with Gasteiger partial charge in [-0.25, -0.2) is 19.6 Å². The molecule has 0 radical (unpaired) electrons. The summed E-state index contributed by atoms with van der Waals surface area (Å²) in [6.45, 7) is 21.7. The molecule has 14 nitrogen and oxygen atoms in total. The lowest BCUT2D eigenvalue weighted by Gasteiger charge is -2.33. The van der Waals surface area contributed by atoms with Crippen LogP contribution < -0.4 is 41.0 Å². The number of nitrogen functional groups attached to an aromatic ring is 1. The number of rotatable bonds is 13. The number of nitrogens with one attached hydrogen (secondary N) is 2. The predicted octanol–water partition coefficient (Wildman–Crippen LogP) is 9.28. The summed E-state index contributed by atoms with van der Waals surface area (Å²) in [4.78, 5) is 32.3. The number of fused-ring (bicyclic) bond motifs is 6. The molecular weight excluding hydrogens is 765 g/mol. The zero-order valence-corrected chi connectivity index (χ0v) is 36.7. The molecule has 324 valence electrons. The van der Waals surface area contributed by atoms with Crippen molar-refractivity contribution in [3.8, 4) is 45.3 Å². The summed E-state index contributed by atoms with van der Waals surface area (Å²) < 4.78 is 34.1. The van der Waals surface area contributed by atoms with E-state index in [9.17, 15) is 9.59 Å².